The van der Waals surface area contributed by atoms with Crippen molar-refractivity contribution in [3.8, 4) is 0 Å². The Morgan fingerprint density at radius 3 is 2.25 bits per heavy atom. The number of nitrogens with zero attached hydrogens (tertiary/aromatic N) is 1. The Labute approximate surface area is 70.4 Å². The van der Waals surface area contributed by atoms with Crippen LogP contribution in [-0.4, -0.2) is 17.6 Å². The van der Waals surface area contributed by atoms with Crippen molar-refractivity contribution in [1.29, 1.82) is 5.41 Å². The van der Waals surface area contributed by atoms with E-state index < -0.39 is 5.72 Å². The molecule has 0 aliphatic heterocycles. The molecule has 0 aromatic carbocycles. The van der Waals surface area contributed by atoms with Gasteiger partial charge in [0.25, 0.3) is 0 Å². The van der Waals surface area contributed by atoms with Gasteiger partial charge in [-0.05, 0) is 13.8 Å². The minimum Gasteiger partial charge on any atom is -0.370 e. The van der Waals surface area contributed by atoms with Crippen LogP contribution in [0.3, 0.4) is 0 Å². The van der Waals surface area contributed by atoms with Crippen molar-refractivity contribution in [2.75, 3.05) is 0 Å². The SMILES string of the molecule is CC(C)(N=C(N)N)ONC(=N)N. The smallest absolute Gasteiger partial charge is 0.210 e. The minimum atomic E-state index is -0.940. The fourth-order valence-electron chi connectivity index (χ4n) is 0.514. The Morgan fingerprint density at radius 2 is 1.92 bits per heavy atom. The van der Waals surface area contributed by atoms with Gasteiger partial charge in [0.15, 0.2) is 11.7 Å². The first-order chi connectivity index (χ1) is 5.33. The molecule has 7 nitrogen and oxygen atoms in total. The van der Waals surface area contributed by atoms with Gasteiger partial charge >= 0.3 is 0 Å². The molecule has 70 valence electrons. The van der Waals surface area contributed by atoms with E-state index in [4.69, 9.17) is 27.4 Å². The van der Waals surface area contributed by atoms with Crippen LogP contribution in [0.1, 0.15) is 13.8 Å². The molecule has 0 radical (unpaired) electrons. The van der Waals surface area contributed by atoms with Crippen molar-refractivity contribution >= 4 is 11.9 Å². The fourth-order valence-corrected chi connectivity index (χ4v) is 0.514. The first-order valence-corrected chi connectivity index (χ1v) is 3.22. The average molecular weight is 174 g/mol. The molecule has 8 N–H and O–H groups in total. The maximum atomic E-state index is 6.79. The summed E-state index contributed by atoms with van der Waals surface area (Å²) < 4.78 is 0. The molecule has 0 aromatic rings. The van der Waals surface area contributed by atoms with E-state index in [9.17, 15) is 0 Å². The van der Waals surface area contributed by atoms with E-state index in [-0.39, 0.29) is 11.9 Å². The van der Waals surface area contributed by atoms with Crippen molar-refractivity contribution in [2.45, 2.75) is 19.6 Å². The van der Waals surface area contributed by atoms with Crippen LogP contribution in [0, 0.1) is 5.41 Å². The van der Waals surface area contributed by atoms with Crippen molar-refractivity contribution < 1.29 is 4.84 Å². The molecule has 0 amide bonds. The van der Waals surface area contributed by atoms with Crippen LogP contribution < -0.4 is 22.7 Å². The van der Waals surface area contributed by atoms with Gasteiger partial charge in [-0.15, -0.1) is 0 Å². The third-order valence-corrected chi connectivity index (χ3v) is 0.809. The van der Waals surface area contributed by atoms with Crippen molar-refractivity contribution in [1.82, 2.24) is 5.48 Å². The molecule has 0 spiro atoms. The first-order valence-electron chi connectivity index (χ1n) is 3.22. The highest BCUT2D eigenvalue weighted by Gasteiger charge is 2.17. The van der Waals surface area contributed by atoms with Gasteiger partial charge in [-0.2, -0.15) is 0 Å². The molecule has 0 unspecified atom stereocenters. The van der Waals surface area contributed by atoms with Crippen LogP contribution >= 0.6 is 0 Å². The Kier molecular flexibility index (Phi) is 3.30. The zero-order chi connectivity index (χ0) is 9.78. The summed E-state index contributed by atoms with van der Waals surface area (Å²) in [6, 6.07) is 0. The van der Waals surface area contributed by atoms with Crippen LogP contribution in [0.25, 0.3) is 0 Å². The molecular weight excluding hydrogens is 160 g/mol. The number of hydrogen-bond donors (Lipinski definition) is 5. The first kappa shape index (κ1) is 10.5. The van der Waals surface area contributed by atoms with E-state index in [0.717, 1.165) is 0 Å². The predicted molar refractivity (Wildman–Crippen MR) is 46.0 cm³/mol. The fraction of sp³-hybridized carbons (Fsp3) is 0.600. The van der Waals surface area contributed by atoms with Gasteiger partial charge in [0.2, 0.25) is 5.96 Å². The third kappa shape index (κ3) is 5.30. The molecule has 12 heavy (non-hydrogen) atoms. The van der Waals surface area contributed by atoms with E-state index in [2.05, 4.69) is 10.5 Å². The van der Waals surface area contributed by atoms with Gasteiger partial charge in [0.1, 0.15) is 0 Å². The van der Waals surface area contributed by atoms with Crippen LogP contribution in [0.2, 0.25) is 0 Å². The van der Waals surface area contributed by atoms with Crippen molar-refractivity contribution in [3.63, 3.8) is 0 Å². The highest BCUT2D eigenvalue weighted by atomic mass is 16.7. The number of hydrogen-bond acceptors (Lipinski definition) is 3. The van der Waals surface area contributed by atoms with E-state index in [1.165, 1.54) is 0 Å². The standard InChI is InChI=1S/C5H14N6O/c1-5(2,10-3(6)7)12-11-4(8)9/h1-2H3,(H4,6,7,10)(H4,8,9,11). The second kappa shape index (κ2) is 3.77. The van der Waals surface area contributed by atoms with Gasteiger partial charge in [0.05, 0.1) is 0 Å². The van der Waals surface area contributed by atoms with E-state index in [1.807, 2.05) is 0 Å². The van der Waals surface area contributed by atoms with Gasteiger partial charge in [-0.3, -0.25) is 5.41 Å². The molecule has 0 bridgehead atoms. The summed E-state index contributed by atoms with van der Waals surface area (Å²) in [6.07, 6.45) is 0. The third-order valence-electron chi connectivity index (χ3n) is 0.809. The van der Waals surface area contributed by atoms with Crippen molar-refractivity contribution in [2.24, 2.45) is 22.2 Å². The van der Waals surface area contributed by atoms with Crippen LogP contribution in [0.4, 0.5) is 0 Å². The summed E-state index contributed by atoms with van der Waals surface area (Å²) in [4.78, 5) is 8.57. The number of guanidine groups is 2. The van der Waals surface area contributed by atoms with Gasteiger partial charge in [-0.25, -0.2) is 15.3 Å². The summed E-state index contributed by atoms with van der Waals surface area (Å²) in [5.41, 5.74) is 16.4. The minimum absolute atomic E-state index is 0.0923. The summed E-state index contributed by atoms with van der Waals surface area (Å²) in [5.74, 6) is -0.404. The molecular formula is C5H14N6O. The van der Waals surface area contributed by atoms with Crippen LogP contribution in [0.15, 0.2) is 4.99 Å². The second-order valence-corrected chi connectivity index (χ2v) is 2.60. The van der Waals surface area contributed by atoms with Gasteiger partial charge in [0, 0.05) is 0 Å². The number of aliphatic imine (C=N–C) groups is 1. The summed E-state index contributed by atoms with van der Waals surface area (Å²) >= 11 is 0. The predicted octanol–water partition coefficient (Wildman–Crippen LogP) is -1.59. The largest absolute Gasteiger partial charge is 0.370 e. The topological polar surface area (TPSA) is 136 Å². The average Bonchev–Trinajstić information content (AvgIpc) is 1.81. The maximum Gasteiger partial charge on any atom is 0.210 e. The van der Waals surface area contributed by atoms with Gasteiger partial charge < -0.3 is 17.2 Å². The lowest BCUT2D eigenvalue weighted by Gasteiger charge is -2.19. The molecule has 0 fully saturated rings. The van der Waals surface area contributed by atoms with Crippen molar-refractivity contribution in [3.05, 3.63) is 0 Å². The number of hydroxylamine groups is 1. The molecule has 0 atom stereocenters. The van der Waals surface area contributed by atoms with E-state index >= 15 is 0 Å². The number of nitrogens with one attached hydrogen (secondary N) is 2. The monoisotopic (exact) mass is 174 g/mol. The second-order valence-electron chi connectivity index (χ2n) is 2.60. The Hall–Kier alpha value is -1.50. The number of rotatable bonds is 3. The van der Waals surface area contributed by atoms with E-state index in [1.54, 1.807) is 13.8 Å². The zero-order valence-corrected chi connectivity index (χ0v) is 7.09. The van der Waals surface area contributed by atoms with E-state index in [0.29, 0.717) is 0 Å². The lowest BCUT2D eigenvalue weighted by Crippen LogP contribution is -2.40. The molecule has 0 aliphatic rings. The maximum absolute atomic E-state index is 6.79. The molecule has 0 aliphatic carbocycles. The molecule has 0 aromatic heterocycles. The number of nitrogens with two attached hydrogens (primary N) is 3. The zero-order valence-electron chi connectivity index (χ0n) is 7.09. The molecule has 0 saturated heterocycles. The lowest BCUT2D eigenvalue weighted by atomic mass is 10.3. The quantitative estimate of drug-likeness (QED) is 0.200. The van der Waals surface area contributed by atoms with Crippen LogP contribution in [-0.2, 0) is 4.84 Å². The summed E-state index contributed by atoms with van der Waals surface area (Å²) in [7, 11) is 0. The van der Waals surface area contributed by atoms with Crippen LogP contribution in [0.5, 0.6) is 0 Å². The van der Waals surface area contributed by atoms with Gasteiger partial charge in [-0.1, -0.05) is 0 Å². The molecule has 7 heteroatoms. The normalized spacial score (nSPS) is 10.5. The highest BCUT2D eigenvalue weighted by molar-refractivity contribution is 5.76. The Bertz CT molecular complexity index is 194. The summed E-state index contributed by atoms with van der Waals surface area (Å²) in [5, 5.41) is 6.79. The molecule has 0 rings (SSSR count). The Morgan fingerprint density at radius 1 is 1.42 bits per heavy atom. The summed E-state index contributed by atoms with van der Waals surface area (Å²) in [6.45, 7) is 3.23. The lowest BCUT2D eigenvalue weighted by molar-refractivity contribution is -0.0501. The molecule has 0 saturated carbocycles. The molecule has 0 heterocycles. The Balaban J connectivity index is 4.05. The highest BCUT2D eigenvalue weighted by Crippen LogP contribution is 2.07.